The fourth-order valence-electron chi connectivity index (χ4n) is 1.24. The lowest BCUT2D eigenvalue weighted by molar-refractivity contribution is -0.157. The first-order valence-electron chi connectivity index (χ1n) is 6.78. The minimum Gasteiger partial charge on any atom is -0.461 e. The van der Waals surface area contributed by atoms with Crippen LogP contribution in [0.1, 0.15) is 13.3 Å². The van der Waals surface area contributed by atoms with E-state index in [0.717, 1.165) is 0 Å². The van der Waals surface area contributed by atoms with Gasteiger partial charge in [-0.25, -0.2) is 4.79 Å². The van der Waals surface area contributed by atoms with Gasteiger partial charge in [-0.2, -0.15) is 0 Å². The van der Waals surface area contributed by atoms with Gasteiger partial charge in [-0.05, 0) is 11.5 Å². The van der Waals surface area contributed by atoms with Crippen LogP contribution < -0.4 is 0 Å². The molecule has 0 aromatic heterocycles. The van der Waals surface area contributed by atoms with Crippen molar-refractivity contribution in [3.8, 4) is 0 Å². The second kappa shape index (κ2) is 13.1. The van der Waals surface area contributed by atoms with Crippen molar-refractivity contribution < 1.29 is 32.9 Å². The van der Waals surface area contributed by atoms with Crippen molar-refractivity contribution in [2.24, 2.45) is 0 Å². The summed E-state index contributed by atoms with van der Waals surface area (Å²) in [5.41, 5.74) is 0. The van der Waals surface area contributed by atoms with Crippen LogP contribution >= 0.6 is 8.03 Å². The molecule has 0 aromatic carbocycles. The first kappa shape index (κ1) is 20.4. The van der Waals surface area contributed by atoms with E-state index in [-0.39, 0.29) is 32.4 Å². The van der Waals surface area contributed by atoms with Crippen molar-refractivity contribution in [2.75, 3.05) is 32.6 Å². The largest absolute Gasteiger partial charge is 0.511 e. The van der Waals surface area contributed by atoms with Crippen LogP contribution in [0.4, 0.5) is 0 Å². The highest BCUT2D eigenvalue weighted by atomic mass is 31.1. The highest BCUT2D eigenvalue weighted by Crippen LogP contribution is 2.26. The summed E-state index contributed by atoms with van der Waals surface area (Å²) in [4.78, 5) is 23.3. The van der Waals surface area contributed by atoms with E-state index < -0.39 is 26.1 Å². The molecule has 2 atom stereocenters. The molecule has 0 radical (unpaired) electrons. The molecule has 8 heteroatoms. The molecule has 0 N–H and O–H groups in total. The van der Waals surface area contributed by atoms with Gasteiger partial charge in [0.25, 0.3) is 0 Å². The molecule has 0 spiro atoms. The highest BCUT2D eigenvalue weighted by molar-refractivity contribution is 7.39. The maximum absolute atomic E-state index is 11.8. The lowest BCUT2D eigenvalue weighted by atomic mass is 10.2. The van der Waals surface area contributed by atoms with Gasteiger partial charge in [0.1, 0.15) is 13.2 Å². The Balaban J connectivity index is 4.52. The van der Waals surface area contributed by atoms with Crippen LogP contribution in [-0.4, -0.2) is 50.6 Å². The average Bonchev–Trinajstić information content (AvgIpc) is 2.50. The van der Waals surface area contributed by atoms with E-state index in [2.05, 4.69) is 13.2 Å². The Hall–Kier alpha value is -1.56. The molecule has 22 heavy (non-hydrogen) atoms. The fraction of sp³-hybridized carbons (Fsp3) is 0.571. The molecule has 0 aliphatic rings. The summed E-state index contributed by atoms with van der Waals surface area (Å²) < 4.78 is 31.5. The van der Waals surface area contributed by atoms with E-state index in [1.54, 1.807) is 6.92 Å². The van der Waals surface area contributed by atoms with E-state index in [1.165, 1.54) is 12.2 Å². The first-order valence-corrected chi connectivity index (χ1v) is 8.14. The van der Waals surface area contributed by atoms with Gasteiger partial charge in [0.05, 0.1) is 13.0 Å². The van der Waals surface area contributed by atoms with Gasteiger partial charge >= 0.3 is 20.0 Å². The Morgan fingerprint density at radius 2 is 1.82 bits per heavy atom. The van der Waals surface area contributed by atoms with E-state index in [9.17, 15) is 14.2 Å². The zero-order valence-corrected chi connectivity index (χ0v) is 13.6. The second-order valence-corrected chi connectivity index (χ2v) is 5.27. The van der Waals surface area contributed by atoms with Gasteiger partial charge in [0.2, 0.25) is 12.3 Å². The summed E-state index contributed by atoms with van der Waals surface area (Å²) in [5, 5.41) is 0. The summed E-state index contributed by atoms with van der Waals surface area (Å²) in [7, 11) is -2.15. The molecule has 0 rings (SSSR count). The van der Waals surface area contributed by atoms with Crippen LogP contribution in [-0.2, 0) is 32.9 Å². The van der Waals surface area contributed by atoms with E-state index >= 15 is 0 Å². The third-order valence-corrected chi connectivity index (χ3v) is 3.23. The quantitative estimate of drug-likeness (QED) is 0.220. The van der Waals surface area contributed by atoms with Gasteiger partial charge in [0, 0.05) is 6.61 Å². The number of hydrogen-bond donors (Lipinski definition) is 0. The summed E-state index contributed by atoms with van der Waals surface area (Å²) in [6, 6.07) is 0. The Kier molecular flexibility index (Phi) is 12.2. The molecule has 0 aromatic rings. The minimum atomic E-state index is -2.15. The molecule has 0 fully saturated rings. The third kappa shape index (κ3) is 10.2. The molecule has 7 nitrogen and oxygen atoms in total. The van der Waals surface area contributed by atoms with Crippen LogP contribution in [0, 0.1) is 0 Å². The molecule has 0 saturated carbocycles. The molecular formula is C14H22O7P+. The Labute approximate surface area is 131 Å². The molecule has 0 aliphatic heterocycles. The van der Waals surface area contributed by atoms with Gasteiger partial charge in [-0.1, -0.05) is 25.3 Å². The molecule has 0 aliphatic carbocycles. The predicted molar refractivity (Wildman–Crippen MR) is 80.8 cm³/mol. The van der Waals surface area contributed by atoms with Gasteiger partial charge in [-0.3, -0.25) is 4.79 Å². The topological polar surface area (TPSA) is 88.1 Å². The Bertz CT molecular complexity index is 395. The Morgan fingerprint density at radius 3 is 2.41 bits per heavy atom. The van der Waals surface area contributed by atoms with Crippen molar-refractivity contribution in [2.45, 2.75) is 19.4 Å². The minimum absolute atomic E-state index is 0.0176. The number of esters is 2. The maximum Gasteiger partial charge on any atom is 0.511 e. The average molecular weight is 333 g/mol. The van der Waals surface area contributed by atoms with Crippen molar-refractivity contribution in [1.82, 2.24) is 0 Å². The number of rotatable bonds is 13. The zero-order valence-electron chi connectivity index (χ0n) is 12.7. The summed E-state index contributed by atoms with van der Waals surface area (Å²) in [6.07, 6.45) is 1.21. The fourth-order valence-corrected chi connectivity index (χ4v) is 2.07. The summed E-state index contributed by atoms with van der Waals surface area (Å²) in [6.45, 7) is 9.33. The first-order chi connectivity index (χ1) is 10.5. The van der Waals surface area contributed by atoms with E-state index in [0.29, 0.717) is 6.61 Å². The van der Waals surface area contributed by atoms with Crippen LogP contribution in [0.15, 0.2) is 25.3 Å². The van der Waals surface area contributed by atoms with Crippen molar-refractivity contribution in [3.63, 3.8) is 0 Å². The summed E-state index contributed by atoms with van der Waals surface area (Å²) >= 11 is 0. The SMILES string of the molecule is C=CCOC(=O)CC(O[P+](=O)CCOCC)C(=O)OCC=C. The normalized spacial score (nSPS) is 12.1. The zero-order chi connectivity index (χ0) is 16.8. The lowest BCUT2D eigenvalue weighted by Crippen LogP contribution is -2.28. The number of hydrogen-bond acceptors (Lipinski definition) is 7. The number of ether oxygens (including phenoxy) is 3. The second-order valence-electron chi connectivity index (χ2n) is 3.94. The van der Waals surface area contributed by atoms with Crippen molar-refractivity contribution >= 4 is 20.0 Å². The highest BCUT2D eigenvalue weighted by Gasteiger charge is 2.34. The number of carbonyl (C=O) groups excluding carboxylic acids is 2. The van der Waals surface area contributed by atoms with Crippen LogP contribution in [0.25, 0.3) is 0 Å². The lowest BCUT2D eigenvalue weighted by Gasteiger charge is -2.10. The van der Waals surface area contributed by atoms with Crippen molar-refractivity contribution in [1.29, 1.82) is 0 Å². The van der Waals surface area contributed by atoms with Gasteiger partial charge in [-0.15, -0.1) is 4.52 Å². The standard InChI is InChI=1S/C14H22O7P/c1-4-7-19-13(15)11-12(14(16)20-8-5-2)21-22(17)10-9-18-6-3/h4-5,12H,1-2,6-11H2,3H3/q+1. The van der Waals surface area contributed by atoms with Crippen molar-refractivity contribution in [3.05, 3.63) is 25.3 Å². The van der Waals surface area contributed by atoms with E-state index in [1.807, 2.05) is 0 Å². The van der Waals surface area contributed by atoms with Gasteiger partial charge in [0.15, 0.2) is 0 Å². The molecule has 124 valence electrons. The molecule has 0 saturated heterocycles. The molecular weight excluding hydrogens is 311 g/mol. The molecule has 0 amide bonds. The smallest absolute Gasteiger partial charge is 0.461 e. The van der Waals surface area contributed by atoms with Crippen LogP contribution in [0.3, 0.4) is 0 Å². The maximum atomic E-state index is 11.8. The number of carbonyl (C=O) groups is 2. The third-order valence-electron chi connectivity index (χ3n) is 2.19. The summed E-state index contributed by atoms with van der Waals surface area (Å²) in [5.74, 6) is -1.47. The molecule has 0 heterocycles. The van der Waals surface area contributed by atoms with Crippen LogP contribution in [0.2, 0.25) is 0 Å². The van der Waals surface area contributed by atoms with Gasteiger partial charge < -0.3 is 14.2 Å². The molecule has 0 bridgehead atoms. The Morgan fingerprint density at radius 1 is 1.18 bits per heavy atom. The van der Waals surface area contributed by atoms with Crippen LogP contribution in [0.5, 0.6) is 0 Å². The predicted octanol–water partition coefficient (Wildman–Crippen LogP) is 2.00. The monoisotopic (exact) mass is 333 g/mol. The molecule has 2 unspecified atom stereocenters. The van der Waals surface area contributed by atoms with E-state index in [4.69, 9.17) is 18.7 Å².